The van der Waals surface area contributed by atoms with Crippen molar-refractivity contribution >= 4 is 33.3 Å². The van der Waals surface area contributed by atoms with Gasteiger partial charge in [-0.05, 0) is 12.8 Å². The second-order valence-corrected chi connectivity index (χ2v) is 5.23. The van der Waals surface area contributed by atoms with E-state index in [9.17, 15) is 0 Å². The van der Waals surface area contributed by atoms with E-state index in [2.05, 4.69) is 21.9 Å². The predicted molar refractivity (Wildman–Crippen MR) is 56.8 cm³/mol. The Hall–Kier alpha value is -0.740. The van der Waals surface area contributed by atoms with Crippen LogP contribution in [0.2, 0.25) is 5.15 Å². The third-order valence-electron chi connectivity index (χ3n) is 2.67. The number of fused-ring (bicyclic) bond motifs is 1. The number of halogens is 1. The molecule has 1 aliphatic rings. The zero-order valence-electron chi connectivity index (χ0n) is 7.62. The van der Waals surface area contributed by atoms with Gasteiger partial charge in [0, 0.05) is 5.41 Å². The first-order valence-electron chi connectivity index (χ1n) is 4.47. The zero-order valence-corrected chi connectivity index (χ0v) is 9.19. The molecule has 3 nitrogen and oxygen atoms in total. The van der Waals surface area contributed by atoms with Gasteiger partial charge >= 0.3 is 0 Å². The fourth-order valence-corrected chi connectivity index (χ4v) is 2.73. The van der Waals surface area contributed by atoms with Crippen molar-refractivity contribution in [2.24, 2.45) is 0 Å². The molecule has 0 saturated heterocycles. The molecule has 0 spiro atoms. The second-order valence-electron chi connectivity index (χ2n) is 3.90. The van der Waals surface area contributed by atoms with Crippen molar-refractivity contribution in [1.29, 1.82) is 0 Å². The summed E-state index contributed by atoms with van der Waals surface area (Å²) in [5.74, 6) is 0. The highest BCUT2D eigenvalue weighted by Gasteiger charge is 2.42. The molecule has 2 aromatic rings. The van der Waals surface area contributed by atoms with Crippen LogP contribution in [-0.2, 0) is 5.41 Å². The first kappa shape index (κ1) is 8.56. The Bertz CT molecular complexity index is 504. The van der Waals surface area contributed by atoms with E-state index in [0.717, 1.165) is 15.4 Å². The standard InChI is InChI=1S/C9H8ClN3S/c1-9(2-3-9)8-13-5-6(10)11-4-12-7(5)14-8/h4H,2-3H2,1H3. The van der Waals surface area contributed by atoms with Crippen molar-refractivity contribution in [3.05, 3.63) is 16.5 Å². The number of aromatic nitrogens is 3. The molecule has 0 amide bonds. The van der Waals surface area contributed by atoms with E-state index in [-0.39, 0.29) is 5.41 Å². The lowest BCUT2D eigenvalue weighted by molar-refractivity contribution is 0.780. The Morgan fingerprint density at radius 3 is 2.86 bits per heavy atom. The molecule has 0 aromatic carbocycles. The lowest BCUT2D eigenvalue weighted by Gasteiger charge is -1.99. The Labute approximate surface area is 90.2 Å². The number of hydrogen-bond donors (Lipinski definition) is 0. The SMILES string of the molecule is CC1(c2nc3c(Cl)ncnc3s2)CC1. The average molecular weight is 226 g/mol. The van der Waals surface area contributed by atoms with Crippen LogP contribution >= 0.6 is 22.9 Å². The van der Waals surface area contributed by atoms with Crippen LogP contribution in [0.25, 0.3) is 10.3 Å². The monoisotopic (exact) mass is 225 g/mol. The Morgan fingerprint density at radius 1 is 1.43 bits per heavy atom. The summed E-state index contributed by atoms with van der Waals surface area (Å²) in [5.41, 5.74) is 1.04. The van der Waals surface area contributed by atoms with E-state index in [1.54, 1.807) is 11.3 Å². The third kappa shape index (κ3) is 1.14. The molecule has 0 radical (unpaired) electrons. The molecule has 0 bridgehead atoms. The largest absolute Gasteiger partial charge is 0.236 e. The second kappa shape index (κ2) is 2.64. The maximum Gasteiger partial charge on any atom is 0.159 e. The van der Waals surface area contributed by atoms with Crippen molar-refractivity contribution in [1.82, 2.24) is 15.0 Å². The summed E-state index contributed by atoms with van der Waals surface area (Å²) in [4.78, 5) is 13.5. The van der Waals surface area contributed by atoms with E-state index in [0.29, 0.717) is 5.15 Å². The van der Waals surface area contributed by atoms with Gasteiger partial charge in [0.2, 0.25) is 0 Å². The van der Waals surface area contributed by atoms with Crippen LogP contribution in [0.4, 0.5) is 0 Å². The van der Waals surface area contributed by atoms with Crippen LogP contribution in [0.5, 0.6) is 0 Å². The molecule has 14 heavy (non-hydrogen) atoms. The predicted octanol–water partition coefficient (Wildman–Crippen LogP) is 2.79. The summed E-state index contributed by atoms with van der Waals surface area (Å²) in [6.07, 6.45) is 3.93. The molecule has 0 unspecified atom stereocenters. The smallest absolute Gasteiger partial charge is 0.159 e. The molecular formula is C9H8ClN3S. The van der Waals surface area contributed by atoms with Crippen LogP contribution in [0.3, 0.4) is 0 Å². The van der Waals surface area contributed by atoms with Gasteiger partial charge in [-0.1, -0.05) is 29.9 Å². The summed E-state index contributed by atoms with van der Waals surface area (Å²) in [6.45, 7) is 2.23. The van der Waals surface area contributed by atoms with E-state index < -0.39 is 0 Å². The summed E-state index contributed by atoms with van der Waals surface area (Å²) in [6, 6.07) is 0. The van der Waals surface area contributed by atoms with Crippen molar-refractivity contribution in [2.75, 3.05) is 0 Å². The summed E-state index contributed by atoms with van der Waals surface area (Å²) in [5, 5.41) is 1.61. The minimum Gasteiger partial charge on any atom is -0.236 e. The number of nitrogens with zero attached hydrogens (tertiary/aromatic N) is 3. The molecule has 1 aliphatic carbocycles. The Kier molecular flexibility index (Phi) is 1.61. The lowest BCUT2D eigenvalue weighted by atomic mass is 10.2. The van der Waals surface area contributed by atoms with Gasteiger partial charge in [0.1, 0.15) is 21.7 Å². The van der Waals surface area contributed by atoms with Crippen molar-refractivity contribution in [2.45, 2.75) is 25.2 Å². The highest BCUT2D eigenvalue weighted by molar-refractivity contribution is 7.18. The van der Waals surface area contributed by atoms with Gasteiger partial charge in [-0.3, -0.25) is 0 Å². The first-order valence-corrected chi connectivity index (χ1v) is 5.66. The maximum absolute atomic E-state index is 5.93. The molecule has 2 aromatic heterocycles. The molecule has 1 saturated carbocycles. The Balaban J connectivity index is 2.25. The molecule has 2 heterocycles. The molecule has 0 N–H and O–H groups in total. The van der Waals surface area contributed by atoms with Gasteiger partial charge in [0.05, 0.1) is 0 Å². The van der Waals surface area contributed by atoms with Crippen molar-refractivity contribution in [3.63, 3.8) is 0 Å². The van der Waals surface area contributed by atoms with Gasteiger partial charge in [0.25, 0.3) is 0 Å². The Morgan fingerprint density at radius 2 is 2.21 bits per heavy atom. The quantitative estimate of drug-likeness (QED) is 0.701. The fourth-order valence-electron chi connectivity index (χ4n) is 1.39. The van der Waals surface area contributed by atoms with Crippen LogP contribution < -0.4 is 0 Å². The zero-order chi connectivity index (χ0) is 9.76. The first-order chi connectivity index (χ1) is 6.69. The van der Waals surface area contributed by atoms with Crippen LogP contribution in [0.15, 0.2) is 6.33 Å². The van der Waals surface area contributed by atoms with Crippen LogP contribution in [0.1, 0.15) is 24.8 Å². The topological polar surface area (TPSA) is 38.7 Å². The molecule has 0 aliphatic heterocycles. The highest BCUT2D eigenvalue weighted by atomic mass is 35.5. The fraction of sp³-hybridized carbons (Fsp3) is 0.444. The number of rotatable bonds is 1. The van der Waals surface area contributed by atoms with E-state index in [1.807, 2.05) is 0 Å². The summed E-state index contributed by atoms with van der Waals surface area (Å²) in [7, 11) is 0. The van der Waals surface area contributed by atoms with Gasteiger partial charge in [-0.15, -0.1) is 0 Å². The molecule has 3 rings (SSSR count). The van der Waals surface area contributed by atoms with Gasteiger partial charge in [-0.25, -0.2) is 15.0 Å². The molecule has 5 heteroatoms. The van der Waals surface area contributed by atoms with Crippen molar-refractivity contribution in [3.8, 4) is 0 Å². The summed E-state index contributed by atoms with van der Waals surface area (Å²) >= 11 is 7.57. The minimum atomic E-state index is 0.286. The van der Waals surface area contributed by atoms with Gasteiger partial charge in [-0.2, -0.15) is 0 Å². The minimum absolute atomic E-state index is 0.286. The molecule has 0 atom stereocenters. The van der Waals surface area contributed by atoms with Crippen LogP contribution in [-0.4, -0.2) is 15.0 Å². The van der Waals surface area contributed by atoms with E-state index in [4.69, 9.17) is 11.6 Å². The highest BCUT2D eigenvalue weighted by Crippen LogP contribution is 2.49. The third-order valence-corrected chi connectivity index (χ3v) is 4.21. The van der Waals surface area contributed by atoms with Crippen molar-refractivity contribution < 1.29 is 0 Å². The van der Waals surface area contributed by atoms with Gasteiger partial charge < -0.3 is 0 Å². The number of hydrogen-bond acceptors (Lipinski definition) is 4. The molecule has 72 valence electrons. The van der Waals surface area contributed by atoms with Gasteiger partial charge in [0.15, 0.2) is 5.15 Å². The molecular weight excluding hydrogens is 218 g/mol. The van der Waals surface area contributed by atoms with E-state index in [1.165, 1.54) is 19.2 Å². The normalized spacial score (nSPS) is 18.7. The summed E-state index contributed by atoms with van der Waals surface area (Å²) < 4.78 is 0. The average Bonchev–Trinajstić information content (AvgIpc) is 2.77. The lowest BCUT2D eigenvalue weighted by Crippen LogP contribution is -1.97. The van der Waals surface area contributed by atoms with E-state index >= 15 is 0 Å². The molecule has 1 fully saturated rings. The van der Waals surface area contributed by atoms with Crippen LogP contribution in [0, 0.1) is 0 Å². The number of thiazole rings is 1. The maximum atomic E-state index is 5.93.